The first-order chi connectivity index (χ1) is 13.7. The molecule has 1 aromatic heterocycles. The van der Waals surface area contributed by atoms with Gasteiger partial charge in [-0.25, -0.2) is 4.98 Å². The first-order valence-corrected chi connectivity index (χ1v) is 10.0. The summed E-state index contributed by atoms with van der Waals surface area (Å²) in [7, 11) is 4.06. The van der Waals surface area contributed by atoms with Gasteiger partial charge in [-0.3, -0.25) is 4.31 Å². The maximum atomic E-state index is 4.68. The number of imidazole rings is 1. The highest BCUT2D eigenvalue weighted by atomic mass is 32.2. The van der Waals surface area contributed by atoms with E-state index in [4.69, 9.17) is 0 Å². The van der Waals surface area contributed by atoms with E-state index in [0.717, 1.165) is 5.03 Å². The van der Waals surface area contributed by atoms with Crippen molar-refractivity contribution in [1.82, 2.24) is 13.9 Å². The summed E-state index contributed by atoms with van der Waals surface area (Å²) in [6, 6.07) is 31.9. The second kappa shape index (κ2) is 8.05. The van der Waals surface area contributed by atoms with E-state index in [0.29, 0.717) is 0 Å². The van der Waals surface area contributed by atoms with Gasteiger partial charge in [0.15, 0.2) is 0 Å². The van der Waals surface area contributed by atoms with Crippen LogP contribution >= 0.6 is 11.9 Å². The molecule has 0 amide bonds. The van der Waals surface area contributed by atoms with Crippen molar-refractivity contribution >= 4 is 11.9 Å². The molecule has 4 heteroatoms. The quantitative estimate of drug-likeness (QED) is 0.332. The van der Waals surface area contributed by atoms with Crippen LogP contribution in [0.1, 0.15) is 16.7 Å². The summed E-state index contributed by atoms with van der Waals surface area (Å²) >= 11 is 1.62. The fourth-order valence-corrected chi connectivity index (χ4v) is 4.34. The molecule has 1 heterocycles. The average Bonchev–Trinajstić information content (AvgIpc) is 3.19. The van der Waals surface area contributed by atoms with Crippen LogP contribution in [0.2, 0.25) is 0 Å². The molecule has 3 nitrogen and oxygen atoms in total. The number of rotatable bonds is 6. The van der Waals surface area contributed by atoms with E-state index in [-0.39, 0.29) is 0 Å². The van der Waals surface area contributed by atoms with Crippen LogP contribution < -0.4 is 0 Å². The fourth-order valence-electron chi connectivity index (χ4n) is 3.71. The third-order valence-electron chi connectivity index (χ3n) is 4.80. The molecule has 0 aliphatic rings. The van der Waals surface area contributed by atoms with E-state index in [9.17, 15) is 0 Å². The summed E-state index contributed by atoms with van der Waals surface area (Å²) in [5.74, 6) is 0. The molecule has 140 valence electrons. The minimum absolute atomic E-state index is 0.498. The van der Waals surface area contributed by atoms with E-state index in [2.05, 4.69) is 111 Å². The lowest BCUT2D eigenvalue weighted by Crippen LogP contribution is -2.36. The molecule has 4 rings (SSSR count). The Bertz CT molecular complexity index is 915. The normalized spacial score (nSPS) is 11.7. The Hall–Kier alpha value is -2.82. The standard InChI is InChI=1S/C24H23N3S/c1-26(2)28-23-18-27(19-25-23)24(20-12-6-3-7-13-20,21-14-8-4-9-15-21)22-16-10-5-11-17-22/h3-19H,1-2H3. The van der Waals surface area contributed by atoms with Gasteiger partial charge in [0.05, 0.1) is 6.33 Å². The lowest BCUT2D eigenvalue weighted by atomic mass is 9.77. The SMILES string of the molecule is CN(C)Sc1cn(C(c2ccccc2)(c2ccccc2)c2ccccc2)cn1. The van der Waals surface area contributed by atoms with Crippen LogP contribution in [0.15, 0.2) is 109 Å². The van der Waals surface area contributed by atoms with Gasteiger partial charge in [-0.15, -0.1) is 0 Å². The number of aromatic nitrogens is 2. The minimum Gasteiger partial charge on any atom is -0.318 e. The number of hydrogen-bond acceptors (Lipinski definition) is 3. The molecule has 3 aromatic carbocycles. The van der Waals surface area contributed by atoms with Crippen LogP contribution in [0, 0.1) is 0 Å². The minimum atomic E-state index is -0.498. The second-order valence-electron chi connectivity index (χ2n) is 6.83. The summed E-state index contributed by atoms with van der Waals surface area (Å²) in [5.41, 5.74) is 3.10. The van der Waals surface area contributed by atoms with Gasteiger partial charge in [0.2, 0.25) is 0 Å². The second-order valence-corrected chi connectivity index (χ2v) is 8.16. The lowest BCUT2D eigenvalue weighted by molar-refractivity contribution is 0.513. The van der Waals surface area contributed by atoms with Gasteiger partial charge in [0, 0.05) is 6.20 Å². The van der Waals surface area contributed by atoms with Gasteiger partial charge in [0.25, 0.3) is 0 Å². The molecule has 0 bridgehead atoms. The summed E-state index contributed by atoms with van der Waals surface area (Å²) in [4.78, 5) is 4.68. The Kier molecular flexibility index (Phi) is 5.33. The molecular weight excluding hydrogens is 362 g/mol. The van der Waals surface area contributed by atoms with Gasteiger partial charge >= 0.3 is 0 Å². The molecule has 4 aromatic rings. The first kappa shape index (κ1) is 18.5. The van der Waals surface area contributed by atoms with Crippen molar-refractivity contribution in [3.63, 3.8) is 0 Å². The van der Waals surface area contributed by atoms with Gasteiger partial charge in [0.1, 0.15) is 10.6 Å². The molecule has 0 radical (unpaired) electrons. The molecule has 0 saturated heterocycles. The highest BCUT2D eigenvalue weighted by Gasteiger charge is 2.38. The van der Waals surface area contributed by atoms with Gasteiger partial charge < -0.3 is 4.57 Å². The van der Waals surface area contributed by atoms with Crippen molar-refractivity contribution < 1.29 is 0 Å². The number of benzene rings is 3. The Morgan fingerprint density at radius 3 is 1.54 bits per heavy atom. The predicted molar refractivity (Wildman–Crippen MR) is 116 cm³/mol. The predicted octanol–water partition coefficient (Wildman–Crippen LogP) is 5.29. The zero-order chi connectivity index (χ0) is 19.4. The van der Waals surface area contributed by atoms with E-state index in [1.165, 1.54) is 16.7 Å². The molecule has 0 atom stereocenters. The first-order valence-electron chi connectivity index (χ1n) is 9.27. The van der Waals surface area contributed by atoms with Crippen molar-refractivity contribution in [2.75, 3.05) is 14.1 Å². The van der Waals surface area contributed by atoms with Crippen molar-refractivity contribution in [1.29, 1.82) is 0 Å². The van der Waals surface area contributed by atoms with E-state index >= 15 is 0 Å². The Morgan fingerprint density at radius 2 is 1.14 bits per heavy atom. The van der Waals surface area contributed by atoms with Crippen LogP contribution in [0.5, 0.6) is 0 Å². The fraction of sp³-hybridized carbons (Fsp3) is 0.125. The number of nitrogens with zero attached hydrogens (tertiary/aromatic N) is 3. The Labute approximate surface area is 170 Å². The van der Waals surface area contributed by atoms with Crippen molar-refractivity contribution in [3.05, 3.63) is 120 Å². The zero-order valence-corrected chi connectivity index (χ0v) is 16.9. The summed E-state index contributed by atoms with van der Waals surface area (Å²) in [6.07, 6.45) is 4.08. The molecule has 0 N–H and O–H groups in total. The molecular formula is C24H23N3S. The van der Waals surface area contributed by atoms with Crippen LogP contribution in [-0.4, -0.2) is 28.0 Å². The maximum Gasteiger partial charge on any atom is 0.129 e. The van der Waals surface area contributed by atoms with E-state index < -0.39 is 5.54 Å². The molecule has 0 saturated carbocycles. The molecule has 0 spiro atoms. The van der Waals surface area contributed by atoms with Gasteiger partial charge in [-0.05, 0) is 42.7 Å². The molecule has 0 fully saturated rings. The maximum absolute atomic E-state index is 4.68. The smallest absolute Gasteiger partial charge is 0.129 e. The Morgan fingerprint density at radius 1 is 0.714 bits per heavy atom. The van der Waals surface area contributed by atoms with Crippen LogP contribution in [0.3, 0.4) is 0 Å². The monoisotopic (exact) mass is 385 g/mol. The van der Waals surface area contributed by atoms with Crippen LogP contribution in [-0.2, 0) is 5.54 Å². The van der Waals surface area contributed by atoms with E-state index in [1.54, 1.807) is 11.9 Å². The van der Waals surface area contributed by atoms with Crippen molar-refractivity contribution in [3.8, 4) is 0 Å². The summed E-state index contributed by atoms with van der Waals surface area (Å²) < 4.78 is 4.29. The molecule has 0 unspecified atom stereocenters. The van der Waals surface area contributed by atoms with Gasteiger partial charge in [-0.2, -0.15) is 0 Å². The highest BCUT2D eigenvalue weighted by Crippen LogP contribution is 2.41. The molecule has 28 heavy (non-hydrogen) atoms. The van der Waals surface area contributed by atoms with Crippen molar-refractivity contribution in [2.24, 2.45) is 0 Å². The highest BCUT2D eigenvalue weighted by molar-refractivity contribution is 7.96. The topological polar surface area (TPSA) is 21.1 Å². The molecule has 0 aliphatic carbocycles. The Balaban J connectivity index is 2.03. The van der Waals surface area contributed by atoms with Crippen molar-refractivity contribution in [2.45, 2.75) is 10.6 Å². The summed E-state index contributed by atoms with van der Waals surface area (Å²) in [6.45, 7) is 0. The third kappa shape index (κ3) is 3.37. The number of hydrogen-bond donors (Lipinski definition) is 0. The van der Waals surface area contributed by atoms with Gasteiger partial charge in [-0.1, -0.05) is 91.0 Å². The summed E-state index contributed by atoms with van der Waals surface area (Å²) in [5, 5.41) is 0.970. The molecule has 0 aliphatic heterocycles. The zero-order valence-electron chi connectivity index (χ0n) is 16.1. The largest absolute Gasteiger partial charge is 0.318 e. The lowest BCUT2D eigenvalue weighted by Gasteiger charge is -2.37. The third-order valence-corrected chi connectivity index (χ3v) is 5.56. The van der Waals surface area contributed by atoms with Crippen LogP contribution in [0.25, 0.3) is 0 Å². The average molecular weight is 386 g/mol. The van der Waals surface area contributed by atoms with Crippen LogP contribution in [0.4, 0.5) is 0 Å². The van der Waals surface area contributed by atoms with E-state index in [1.807, 2.05) is 20.4 Å².